The predicted molar refractivity (Wildman–Crippen MR) is 114 cm³/mol. The normalized spacial score (nSPS) is 26.6. The fourth-order valence-corrected chi connectivity index (χ4v) is 6.77. The van der Waals surface area contributed by atoms with E-state index >= 15 is 4.39 Å². The number of allylic oxidation sites excluding steroid dienone is 2. The van der Waals surface area contributed by atoms with Crippen molar-refractivity contribution in [1.29, 1.82) is 0 Å². The lowest BCUT2D eigenvalue weighted by Gasteiger charge is -2.30. The molecule has 0 bridgehead atoms. The van der Waals surface area contributed by atoms with Crippen LogP contribution in [-0.2, 0) is 6.42 Å². The molecule has 0 saturated heterocycles. The van der Waals surface area contributed by atoms with Crippen LogP contribution in [0.15, 0.2) is 21.5 Å². The van der Waals surface area contributed by atoms with Gasteiger partial charge in [0.1, 0.15) is 11.9 Å². The smallest absolute Gasteiger partial charge is 0.320 e. The minimum atomic E-state index is -4.51. The number of hydrogen-bond acceptors (Lipinski definition) is 4. The largest absolute Gasteiger partial charge is 0.404 e. The van der Waals surface area contributed by atoms with Gasteiger partial charge in [-0.3, -0.25) is 9.78 Å². The van der Waals surface area contributed by atoms with Gasteiger partial charge in [-0.15, -0.1) is 11.3 Å². The number of alkyl halides is 3. The molecule has 0 spiro atoms. The van der Waals surface area contributed by atoms with Gasteiger partial charge in [0.05, 0.1) is 11.5 Å². The Kier molecular flexibility index (Phi) is 5.01. The molecule has 0 radical (unpaired) electrons. The summed E-state index contributed by atoms with van der Waals surface area (Å²) in [6.45, 7) is 1.74. The van der Waals surface area contributed by atoms with E-state index in [9.17, 15) is 22.8 Å². The van der Waals surface area contributed by atoms with Crippen LogP contribution >= 0.6 is 11.3 Å². The third kappa shape index (κ3) is 3.39. The van der Waals surface area contributed by atoms with Crippen molar-refractivity contribution in [1.82, 2.24) is 9.97 Å². The highest BCUT2D eigenvalue weighted by molar-refractivity contribution is 7.12. The van der Waals surface area contributed by atoms with E-state index in [0.717, 1.165) is 17.7 Å². The molecule has 0 aromatic carbocycles. The van der Waals surface area contributed by atoms with Crippen molar-refractivity contribution in [3.05, 3.63) is 59.3 Å². The Labute approximate surface area is 184 Å². The van der Waals surface area contributed by atoms with Gasteiger partial charge in [0, 0.05) is 32.9 Å². The molecule has 4 N–H and O–H groups in total. The second kappa shape index (κ2) is 7.41. The predicted octanol–water partition coefficient (Wildman–Crippen LogP) is 4.43. The molecule has 1 saturated carbocycles. The maximum atomic E-state index is 15.9. The second-order valence-electron chi connectivity index (χ2n) is 9.09. The van der Waals surface area contributed by atoms with E-state index in [1.807, 2.05) is 0 Å². The van der Waals surface area contributed by atoms with Crippen LogP contribution in [0.2, 0.25) is 0 Å². The molecule has 0 amide bonds. The van der Waals surface area contributed by atoms with Gasteiger partial charge in [-0.1, -0.05) is 6.92 Å². The lowest BCUT2D eigenvalue weighted by atomic mass is 9.76. The summed E-state index contributed by atoms with van der Waals surface area (Å²) in [5.41, 5.74) is 5.78. The molecule has 5 rings (SSSR count). The van der Waals surface area contributed by atoms with Gasteiger partial charge in [0.25, 0.3) is 5.56 Å². The molecule has 32 heavy (non-hydrogen) atoms. The minimum Gasteiger partial charge on any atom is -0.320 e. The van der Waals surface area contributed by atoms with Crippen molar-refractivity contribution in [3.63, 3.8) is 0 Å². The zero-order valence-electron chi connectivity index (χ0n) is 17.3. The molecule has 3 aliphatic rings. The monoisotopic (exact) mass is 469 g/mol. The van der Waals surface area contributed by atoms with Crippen molar-refractivity contribution in [2.45, 2.75) is 69.0 Å². The van der Waals surface area contributed by atoms with Crippen molar-refractivity contribution < 1.29 is 17.6 Å². The fourth-order valence-electron chi connectivity index (χ4n) is 5.29. The van der Waals surface area contributed by atoms with Gasteiger partial charge in [-0.05, 0) is 49.7 Å². The van der Waals surface area contributed by atoms with Gasteiger partial charge in [0.15, 0.2) is 0 Å². The molecule has 5 nitrogen and oxygen atoms in total. The summed E-state index contributed by atoms with van der Waals surface area (Å²) in [6, 6.07) is -0.289. The molecule has 0 aliphatic heterocycles. The van der Waals surface area contributed by atoms with Gasteiger partial charge >= 0.3 is 11.9 Å². The topological polar surface area (TPSA) is 91.7 Å². The van der Waals surface area contributed by atoms with Crippen LogP contribution in [0, 0.1) is 5.92 Å². The number of rotatable bonds is 3. The standard InChI is InChI=1S/C22H23F4N3O2S/c1-8-14(13-7-11-10(19(27)22(24,25)26)3-2-4-12(11)32-13)17(23)15(9-5-6-9)16-18(8)28-21(31)29-20(16)30/h7-10,14,19H,2-6,27H2,1H3,(H2,28,29,30,31). The van der Waals surface area contributed by atoms with Crippen molar-refractivity contribution in [2.24, 2.45) is 11.7 Å². The Morgan fingerprint density at radius 1 is 1.19 bits per heavy atom. The lowest BCUT2D eigenvalue weighted by molar-refractivity contribution is -0.153. The van der Waals surface area contributed by atoms with Crippen molar-refractivity contribution in [3.8, 4) is 0 Å². The van der Waals surface area contributed by atoms with E-state index in [-0.39, 0.29) is 11.5 Å². The molecule has 2 heterocycles. The van der Waals surface area contributed by atoms with Crippen LogP contribution in [0.1, 0.15) is 76.9 Å². The zero-order chi connectivity index (χ0) is 22.9. The van der Waals surface area contributed by atoms with Crippen LogP contribution in [0.4, 0.5) is 17.6 Å². The summed E-state index contributed by atoms with van der Waals surface area (Å²) in [7, 11) is 0. The number of fused-ring (bicyclic) bond motifs is 2. The summed E-state index contributed by atoms with van der Waals surface area (Å²) < 4.78 is 56.0. The van der Waals surface area contributed by atoms with Gasteiger partial charge < -0.3 is 10.7 Å². The van der Waals surface area contributed by atoms with Crippen LogP contribution in [-0.4, -0.2) is 22.2 Å². The number of aryl methyl sites for hydroxylation is 1. The van der Waals surface area contributed by atoms with Gasteiger partial charge in [-0.25, -0.2) is 9.18 Å². The first kappa shape index (κ1) is 21.6. The first-order valence-corrected chi connectivity index (χ1v) is 11.6. The highest BCUT2D eigenvalue weighted by atomic mass is 32.1. The summed E-state index contributed by atoms with van der Waals surface area (Å²) >= 11 is 1.32. The third-order valence-electron chi connectivity index (χ3n) is 7.01. The zero-order valence-corrected chi connectivity index (χ0v) is 18.1. The Balaban J connectivity index is 1.63. The summed E-state index contributed by atoms with van der Waals surface area (Å²) in [5.74, 6) is -2.66. The summed E-state index contributed by atoms with van der Waals surface area (Å²) in [6.07, 6.45) is -1.43. The SMILES string of the molecule is CC1c2[nH]c(=O)[nH]c(=O)c2C(C2CC2)=C(F)C1c1cc2c(s1)CCCC2C(N)C(F)(F)F. The third-order valence-corrected chi connectivity index (χ3v) is 8.30. The average molecular weight is 470 g/mol. The maximum absolute atomic E-state index is 15.9. The molecule has 2 aromatic rings. The number of aromatic nitrogens is 2. The number of hydrogen-bond donors (Lipinski definition) is 3. The summed E-state index contributed by atoms with van der Waals surface area (Å²) in [4.78, 5) is 30.8. The first-order chi connectivity index (χ1) is 15.1. The number of H-pyrrole nitrogens is 2. The fraction of sp³-hybridized carbons (Fsp3) is 0.545. The van der Waals surface area contributed by atoms with Gasteiger partial charge in [0.2, 0.25) is 0 Å². The molecular weight excluding hydrogens is 446 g/mol. The Bertz CT molecular complexity index is 1220. The number of halogens is 4. The molecular formula is C22H23F4N3O2S. The minimum absolute atomic E-state index is 0.0864. The molecule has 4 atom stereocenters. The molecule has 4 unspecified atom stereocenters. The molecule has 10 heteroatoms. The number of aromatic amines is 2. The molecule has 3 aliphatic carbocycles. The Hall–Kier alpha value is -2.20. The van der Waals surface area contributed by atoms with Crippen LogP contribution < -0.4 is 17.0 Å². The molecule has 172 valence electrons. The number of thiophene rings is 1. The highest BCUT2D eigenvalue weighted by Gasteiger charge is 2.46. The lowest BCUT2D eigenvalue weighted by Crippen LogP contribution is -2.43. The van der Waals surface area contributed by atoms with Crippen LogP contribution in [0.3, 0.4) is 0 Å². The molecule has 2 aromatic heterocycles. The Morgan fingerprint density at radius 3 is 2.56 bits per heavy atom. The van der Waals surface area contributed by atoms with Crippen molar-refractivity contribution in [2.75, 3.05) is 0 Å². The molecule has 1 fully saturated rings. The Morgan fingerprint density at radius 2 is 1.91 bits per heavy atom. The van der Waals surface area contributed by atoms with E-state index in [1.165, 1.54) is 11.3 Å². The van der Waals surface area contributed by atoms with E-state index in [1.54, 1.807) is 13.0 Å². The quantitative estimate of drug-likeness (QED) is 0.581. The van der Waals surface area contributed by atoms with Crippen LogP contribution in [0.5, 0.6) is 0 Å². The highest BCUT2D eigenvalue weighted by Crippen LogP contribution is 2.55. The van der Waals surface area contributed by atoms with E-state index < -0.39 is 47.0 Å². The van der Waals surface area contributed by atoms with E-state index in [4.69, 9.17) is 5.73 Å². The second-order valence-corrected chi connectivity index (χ2v) is 10.3. The van der Waals surface area contributed by atoms with Crippen LogP contribution in [0.25, 0.3) is 5.57 Å². The average Bonchev–Trinajstić information content (AvgIpc) is 3.45. The summed E-state index contributed by atoms with van der Waals surface area (Å²) in [5, 5.41) is 0. The van der Waals surface area contributed by atoms with Gasteiger partial charge in [-0.2, -0.15) is 13.2 Å². The van der Waals surface area contributed by atoms with E-state index in [2.05, 4.69) is 9.97 Å². The maximum Gasteiger partial charge on any atom is 0.404 e. The number of nitrogens with two attached hydrogens (primary N) is 1. The van der Waals surface area contributed by atoms with Crippen molar-refractivity contribution >= 4 is 16.9 Å². The van der Waals surface area contributed by atoms with E-state index in [0.29, 0.717) is 41.0 Å². The number of nitrogens with one attached hydrogen (secondary N) is 2. The first-order valence-electron chi connectivity index (χ1n) is 10.8.